The molecule has 2 atom stereocenters. The summed E-state index contributed by atoms with van der Waals surface area (Å²) in [7, 11) is 0. The maximum Gasteiger partial charge on any atom is 0.332 e. The first-order valence-corrected chi connectivity index (χ1v) is 12.8. The zero-order valence-corrected chi connectivity index (χ0v) is 22.3. The van der Waals surface area contributed by atoms with Gasteiger partial charge in [-0.05, 0) is 36.1 Å². The Morgan fingerprint density at radius 3 is 2.18 bits per heavy atom. The van der Waals surface area contributed by atoms with Crippen molar-refractivity contribution in [1.82, 2.24) is 0 Å². The number of carbonyl (C=O) groups excluding carboxylic acids is 3. The fourth-order valence-corrected chi connectivity index (χ4v) is 5.34. The second kappa shape index (κ2) is 9.24. The molecule has 0 N–H and O–H groups in total. The number of hydrogen-bond donors (Lipinski definition) is 0. The third kappa shape index (κ3) is 3.81. The topological polar surface area (TPSA) is 79.3 Å². The summed E-state index contributed by atoms with van der Waals surface area (Å²) in [5, 5.41) is 0. The van der Waals surface area contributed by atoms with Crippen molar-refractivity contribution in [3.05, 3.63) is 95.6 Å². The van der Waals surface area contributed by atoms with Gasteiger partial charge in [-0.1, -0.05) is 81.4 Å². The molecule has 5 rings (SSSR count). The van der Waals surface area contributed by atoms with Gasteiger partial charge in [-0.2, -0.15) is 0 Å². The molecule has 0 aliphatic carbocycles. The van der Waals surface area contributed by atoms with E-state index >= 15 is 0 Å². The highest BCUT2D eigenvalue weighted by Crippen LogP contribution is 2.51. The van der Waals surface area contributed by atoms with Crippen molar-refractivity contribution in [1.29, 1.82) is 0 Å². The quantitative estimate of drug-likeness (QED) is 0.464. The largest absolute Gasteiger partial charge is 0.464 e. The van der Waals surface area contributed by atoms with Gasteiger partial charge in [0.1, 0.15) is 5.84 Å². The number of nitrogens with zero attached hydrogens (tertiary/aromatic N) is 3. The molecule has 3 aromatic carbocycles. The lowest BCUT2D eigenvalue weighted by Crippen LogP contribution is -2.56. The first-order valence-electron chi connectivity index (χ1n) is 12.8. The van der Waals surface area contributed by atoms with Gasteiger partial charge in [0.15, 0.2) is 6.04 Å². The van der Waals surface area contributed by atoms with Gasteiger partial charge in [0, 0.05) is 23.7 Å². The molecule has 0 aromatic heterocycles. The monoisotopic (exact) mass is 509 g/mol. The number of fused-ring (bicyclic) bond motifs is 2. The number of esters is 1. The molecule has 38 heavy (non-hydrogen) atoms. The highest BCUT2D eigenvalue weighted by Gasteiger charge is 2.65. The minimum atomic E-state index is -1.69. The van der Waals surface area contributed by atoms with Crippen LogP contribution in [-0.4, -0.2) is 36.3 Å². The predicted octanol–water partition coefficient (Wildman–Crippen LogP) is 4.97. The lowest BCUT2D eigenvalue weighted by Gasteiger charge is -2.33. The highest BCUT2D eigenvalue weighted by molar-refractivity contribution is 6.28. The van der Waals surface area contributed by atoms with E-state index in [1.807, 2.05) is 54.6 Å². The lowest BCUT2D eigenvalue weighted by molar-refractivity contribution is -0.148. The molecule has 0 fully saturated rings. The number of hydrogen-bond acceptors (Lipinski definition) is 6. The van der Waals surface area contributed by atoms with E-state index in [1.165, 1.54) is 6.92 Å². The molecular weight excluding hydrogens is 478 g/mol. The number of carbonyl (C=O) groups is 3. The summed E-state index contributed by atoms with van der Waals surface area (Å²) in [6, 6.07) is 23.3. The molecule has 2 aliphatic rings. The summed E-state index contributed by atoms with van der Waals surface area (Å²) in [6.45, 7) is 9.61. The first kappa shape index (κ1) is 25.4. The minimum Gasteiger partial charge on any atom is -0.464 e. The molecule has 2 unspecified atom stereocenters. The molecule has 0 radical (unpaired) electrons. The van der Waals surface area contributed by atoms with Crippen LogP contribution in [0.4, 0.5) is 11.4 Å². The van der Waals surface area contributed by atoms with E-state index in [0.29, 0.717) is 22.8 Å². The van der Waals surface area contributed by atoms with E-state index in [2.05, 4.69) is 20.8 Å². The van der Waals surface area contributed by atoms with E-state index in [4.69, 9.17) is 9.73 Å². The number of aliphatic imine (C=N–C) groups is 1. The maximum atomic E-state index is 14.2. The van der Waals surface area contributed by atoms with E-state index in [0.717, 1.165) is 16.0 Å². The third-order valence-electron chi connectivity index (χ3n) is 7.12. The standard InChI is InChI=1S/C31H31N3O4/c1-6-38-28(36)26-31(24-14-10-11-15-25(24)33(20(2)35)29(31)37)32-27(21-12-8-7-9-13-21)34(26)23-18-16-22(17-19-23)30(3,4)5/h7-19,26H,6H2,1-5H3. The molecule has 7 heteroatoms. The normalized spacial score (nSPS) is 20.5. The zero-order valence-electron chi connectivity index (χ0n) is 22.3. The van der Waals surface area contributed by atoms with Crippen LogP contribution in [0.15, 0.2) is 83.9 Å². The summed E-state index contributed by atoms with van der Waals surface area (Å²) in [5.41, 5.74) is 1.74. The van der Waals surface area contributed by atoms with Gasteiger partial charge in [0.05, 0.1) is 12.3 Å². The fraction of sp³-hybridized carbons (Fsp3) is 0.290. The number of rotatable bonds is 4. The van der Waals surface area contributed by atoms with Crippen molar-refractivity contribution in [3.8, 4) is 0 Å². The van der Waals surface area contributed by atoms with Crippen molar-refractivity contribution in [3.63, 3.8) is 0 Å². The second-order valence-corrected chi connectivity index (χ2v) is 10.6. The molecule has 2 heterocycles. The molecule has 0 saturated heterocycles. The second-order valence-electron chi connectivity index (χ2n) is 10.6. The summed E-state index contributed by atoms with van der Waals surface area (Å²) in [6.07, 6.45) is 0. The Bertz CT molecular complexity index is 1440. The average molecular weight is 510 g/mol. The molecule has 0 bridgehead atoms. The molecule has 3 aromatic rings. The van der Waals surface area contributed by atoms with E-state index in [1.54, 1.807) is 36.1 Å². The van der Waals surface area contributed by atoms with Gasteiger partial charge in [-0.15, -0.1) is 0 Å². The van der Waals surface area contributed by atoms with Gasteiger partial charge in [0.2, 0.25) is 11.4 Å². The van der Waals surface area contributed by atoms with Crippen LogP contribution >= 0.6 is 0 Å². The number of benzene rings is 3. The van der Waals surface area contributed by atoms with Gasteiger partial charge in [0.25, 0.3) is 5.91 Å². The lowest BCUT2D eigenvalue weighted by atomic mass is 9.84. The van der Waals surface area contributed by atoms with Crippen LogP contribution in [0.2, 0.25) is 0 Å². The fourth-order valence-electron chi connectivity index (χ4n) is 5.34. The number of amidine groups is 1. The van der Waals surface area contributed by atoms with Gasteiger partial charge in [-0.3, -0.25) is 9.59 Å². The third-order valence-corrected chi connectivity index (χ3v) is 7.12. The summed E-state index contributed by atoms with van der Waals surface area (Å²) < 4.78 is 5.58. The molecule has 2 aliphatic heterocycles. The van der Waals surface area contributed by atoms with Crippen molar-refractivity contribution < 1.29 is 19.1 Å². The molecule has 194 valence electrons. The van der Waals surface area contributed by atoms with Crippen molar-refractivity contribution >= 4 is 35.0 Å². The van der Waals surface area contributed by atoms with E-state index in [9.17, 15) is 14.4 Å². The van der Waals surface area contributed by atoms with Crippen LogP contribution in [0, 0.1) is 0 Å². The molecule has 1 spiro atoms. The Kier molecular flexibility index (Phi) is 6.18. The van der Waals surface area contributed by atoms with Crippen LogP contribution < -0.4 is 9.80 Å². The van der Waals surface area contributed by atoms with E-state index < -0.39 is 29.4 Å². The summed E-state index contributed by atoms with van der Waals surface area (Å²) in [4.78, 5) is 48.8. The Hall–Kier alpha value is -4.26. The molecular formula is C31H31N3O4. The molecule has 2 amide bonds. The predicted molar refractivity (Wildman–Crippen MR) is 147 cm³/mol. The van der Waals surface area contributed by atoms with Crippen molar-refractivity contribution in [2.24, 2.45) is 4.99 Å². The Morgan fingerprint density at radius 1 is 0.947 bits per heavy atom. The maximum absolute atomic E-state index is 14.2. The van der Waals surface area contributed by atoms with Gasteiger partial charge < -0.3 is 9.64 Å². The van der Waals surface area contributed by atoms with Crippen molar-refractivity contribution in [2.75, 3.05) is 16.4 Å². The number of imide groups is 1. The van der Waals surface area contributed by atoms with Crippen LogP contribution in [0.25, 0.3) is 0 Å². The minimum absolute atomic E-state index is 0.0655. The number of ether oxygens (including phenoxy) is 1. The number of anilines is 2. The van der Waals surface area contributed by atoms with Gasteiger partial charge in [-0.25, -0.2) is 14.7 Å². The van der Waals surface area contributed by atoms with Crippen LogP contribution in [0.5, 0.6) is 0 Å². The van der Waals surface area contributed by atoms with Gasteiger partial charge >= 0.3 is 5.97 Å². The Labute approximate surface area is 222 Å². The average Bonchev–Trinajstić information content (AvgIpc) is 3.38. The van der Waals surface area contributed by atoms with Crippen LogP contribution in [0.1, 0.15) is 51.3 Å². The summed E-state index contributed by atoms with van der Waals surface area (Å²) >= 11 is 0. The molecule has 0 saturated carbocycles. The van der Waals surface area contributed by atoms with Crippen LogP contribution in [0.3, 0.4) is 0 Å². The zero-order chi connectivity index (χ0) is 27.2. The first-order chi connectivity index (χ1) is 18.1. The number of amides is 2. The highest BCUT2D eigenvalue weighted by atomic mass is 16.5. The Morgan fingerprint density at radius 2 is 1.58 bits per heavy atom. The smallest absolute Gasteiger partial charge is 0.332 e. The number of para-hydroxylation sites is 1. The van der Waals surface area contributed by atoms with Crippen LogP contribution in [-0.2, 0) is 30.1 Å². The van der Waals surface area contributed by atoms with E-state index in [-0.39, 0.29) is 12.0 Å². The Balaban J connectivity index is 1.80. The molecule has 7 nitrogen and oxygen atoms in total. The summed E-state index contributed by atoms with van der Waals surface area (Å²) in [5.74, 6) is -1.13. The SMILES string of the molecule is CCOC(=O)C1N(c2ccc(C(C)(C)C)cc2)C(c2ccccc2)=NC12C(=O)N(C(C)=O)c1ccccc12. The van der Waals surface area contributed by atoms with Crippen molar-refractivity contribution in [2.45, 2.75) is 51.6 Å².